The number of anilines is 1. The highest BCUT2D eigenvalue weighted by Crippen LogP contribution is 2.17. The first kappa shape index (κ1) is 15.7. The van der Waals surface area contributed by atoms with Crippen LogP contribution >= 0.6 is 0 Å². The fourth-order valence-electron chi connectivity index (χ4n) is 1.30. The molecular weight excluding hydrogens is 262 g/mol. The first-order valence-electron chi connectivity index (χ1n) is 6.08. The van der Waals surface area contributed by atoms with Crippen molar-refractivity contribution in [1.29, 1.82) is 0 Å². The lowest BCUT2D eigenvalue weighted by molar-refractivity contribution is 0.580. The molecule has 0 saturated heterocycles. The number of rotatable bonds is 0. The first-order valence-corrected chi connectivity index (χ1v) is 6.08. The molecule has 1 unspecified atom stereocenters. The largest absolute Gasteiger partial charge is 0.396 e. The molecule has 1 heterocycles. The number of nitrogens with zero attached hydrogens (tertiary/aromatic N) is 1. The van der Waals surface area contributed by atoms with Crippen LogP contribution in [0.25, 0.3) is 0 Å². The van der Waals surface area contributed by atoms with Gasteiger partial charge < -0.3 is 11.1 Å². The Morgan fingerprint density at radius 2 is 1.95 bits per heavy atom. The number of nitrogen functional groups attached to an aromatic ring is 1. The quantitative estimate of drug-likeness (QED) is 0.499. The van der Waals surface area contributed by atoms with E-state index in [1.807, 2.05) is 13.8 Å². The second kappa shape index (κ2) is 7.26. The molecule has 6 heteroatoms. The van der Waals surface area contributed by atoms with Crippen molar-refractivity contribution >= 4 is 11.9 Å². The Balaban J connectivity index is 0.000000956. The maximum atomic E-state index is 13.5. The van der Waals surface area contributed by atoms with Crippen molar-refractivity contribution in [2.75, 3.05) is 5.73 Å². The van der Waals surface area contributed by atoms with Gasteiger partial charge in [-0.25, -0.2) is 8.78 Å². The van der Waals surface area contributed by atoms with Crippen LogP contribution in [0.1, 0.15) is 19.4 Å². The van der Waals surface area contributed by atoms with Crippen LogP contribution in [0, 0.1) is 23.5 Å². The van der Waals surface area contributed by atoms with Gasteiger partial charge in [0.2, 0.25) is 0 Å². The Hall–Kier alpha value is -2.39. The minimum absolute atomic E-state index is 0.146. The van der Waals surface area contributed by atoms with Gasteiger partial charge in [0.1, 0.15) is 5.82 Å². The molecule has 1 aliphatic heterocycles. The molecule has 1 aromatic rings. The molecule has 0 bridgehead atoms. The number of benzene rings is 1. The van der Waals surface area contributed by atoms with Gasteiger partial charge >= 0.3 is 0 Å². The molecular formula is C14H16F2N4. The van der Waals surface area contributed by atoms with Crippen molar-refractivity contribution in [1.82, 2.24) is 5.32 Å². The Kier molecular flexibility index (Phi) is 5.69. The average Bonchev–Trinajstić information content (AvgIpc) is 2.47. The van der Waals surface area contributed by atoms with E-state index in [1.54, 1.807) is 0 Å². The summed E-state index contributed by atoms with van der Waals surface area (Å²) in [5.41, 5.74) is 10.7. The molecule has 0 radical (unpaired) electrons. The minimum Gasteiger partial charge on any atom is -0.396 e. The number of nitrogens with one attached hydrogen (secondary N) is 1. The smallest absolute Gasteiger partial charge is 0.170 e. The van der Waals surface area contributed by atoms with Gasteiger partial charge in [-0.05, 0) is 12.1 Å². The summed E-state index contributed by atoms with van der Waals surface area (Å²) in [6, 6.07) is 2.22. The lowest BCUT2D eigenvalue weighted by Gasteiger charge is -2.10. The average molecular weight is 278 g/mol. The zero-order chi connectivity index (χ0) is 15.1. The van der Waals surface area contributed by atoms with E-state index in [0.29, 0.717) is 5.57 Å². The third-order valence-electron chi connectivity index (χ3n) is 2.24. The van der Waals surface area contributed by atoms with E-state index in [1.165, 1.54) is 12.4 Å². The SMILES string of the molecule is CC.Nc1ccc(F)c(C#CC2=CNC(N)N=C2)c1F. The summed E-state index contributed by atoms with van der Waals surface area (Å²) in [5.74, 6) is 3.34. The number of hydrogen-bond donors (Lipinski definition) is 3. The van der Waals surface area contributed by atoms with Crippen LogP contribution in [-0.2, 0) is 0 Å². The van der Waals surface area contributed by atoms with E-state index in [9.17, 15) is 8.78 Å². The molecule has 106 valence electrons. The van der Waals surface area contributed by atoms with Crippen molar-refractivity contribution < 1.29 is 8.78 Å². The van der Waals surface area contributed by atoms with Gasteiger partial charge in [-0.3, -0.25) is 10.7 Å². The van der Waals surface area contributed by atoms with E-state index in [4.69, 9.17) is 11.5 Å². The predicted molar refractivity (Wildman–Crippen MR) is 76.7 cm³/mol. The van der Waals surface area contributed by atoms with Gasteiger partial charge in [0.25, 0.3) is 0 Å². The zero-order valence-corrected chi connectivity index (χ0v) is 11.2. The van der Waals surface area contributed by atoms with Gasteiger partial charge in [0.15, 0.2) is 12.1 Å². The van der Waals surface area contributed by atoms with Crippen LogP contribution in [-0.4, -0.2) is 12.5 Å². The molecule has 1 atom stereocenters. The second-order valence-corrected chi connectivity index (χ2v) is 3.56. The lowest BCUT2D eigenvalue weighted by Crippen LogP contribution is -2.34. The normalized spacial score (nSPS) is 16.1. The van der Waals surface area contributed by atoms with E-state index < -0.39 is 17.9 Å². The van der Waals surface area contributed by atoms with Gasteiger partial charge in [-0.1, -0.05) is 25.7 Å². The summed E-state index contributed by atoms with van der Waals surface area (Å²) in [6.07, 6.45) is 2.43. The molecule has 4 nitrogen and oxygen atoms in total. The van der Waals surface area contributed by atoms with E-state index in [2.05, 4.69) is 22.2 Å². The molecule has 0 spiro atoms. The molecule has 0 fully saturated rings. The van der Waals surface area contributed by atoms with Crippen molar-refractivity contribution in [2.24, 2.45) is 10.7 Å². The van der Waals surface area contributed by atoms with Gasteiger partial charge in [0.05, 0.1) is 16.8 Å². The molecule has 0 amide bonds. The third kappa shape index (κ3) is 3.80. The second-order valence-electron chi connectivity index (χ2n) is 3.56. The Morgan fingerprint density at radius 3 is 2.55 bits per heavy atom. The third-order valence-corrected chi connectivity index (χ3v) is 2.24. The fraction of sp³-hybridized carbons (Fsp3) is 0.214. The number of nitrogens with two attached hydrogens (primary N) is 2. The summed E-state index contributed by atoms with van der Waals surface area (Å²) in [7, 11) is 0. The molecule has 0 aliphatic carbocycles. The van der Waals surface area contributed by atoms with Gasteiger partial charge in [-0.15, -0.1) is 0 Å². The number of halogens is 2. The fourth-order valence-corrected chi connectivity index (χ4v) is 1.30. The summed E-state index contributed by atoms with van der Waals surface area (Å²) >= 11 is 0. The van der Waals surface area contributed by atoms with Crippen molar-refractivity contribution in [2.45, 2.75) is 20.1 Å². The molecule has 0 aromatic heterocycles. The highest BCUT2D eigenvalue weighted by molar-refractivity contribution is 5.85. The van der Waals surface area contributed by atoms with E-state index in [0.717, 1.165) is 12.1 Å². The number of allylic oxidation sites excluding steroid dienone is 1. The Labute approximate surface area is 116 Å². The molecule has 0 saturated carbocycles. The zero-order valence-electron chi connectivity index (χ0n) is 11.2. The van der Waals surface area contributed by atoms with E-state index in [-0.39, 0.29) is 11.3 Å². The molecule has 2 rings (SSSR count). The lowest BCUT2D eigenvalue weighted by atomic mass is 10.1. The van der Waals surface area contributed by atoms with Crippen LogP contribution in [0.2, 0.25) is 0 Å². The van der Waals surface area contributed by atoms with Crippen LogP contribution in [0.4, 0.5) is 14.5 Å². The van der Waals surface area contributed by atoms with Crippen LogP contribution in [0.15, 0.2) is 28.9 Å². The minimum atomic E-state index is -0.861. The maximum Gasteiger partial charge on any atom is 0.170 e. The molecule has 5 N–H and O–H groups in total. The van der Waals surface area contributed by atoms with E-state index >= 15 is 0 Å². The Morgan fingerprint density at radius 1 is 1.25 bits per heavy atom. The summed E-state index contributed by atoms with van der Waals surface area (Å²) < 4.78 is 26.9. The molecule has 20 heavy (non-hydrogen) atoms. The highest BCUT2D eigenvalue weighted by Gasteiger charge is 2.09. The predicted octanol–water partition coefficient (Wildman–Crippen LogP) is 1.72. The van der Waals surface area contributed by atoms with Crippen LogP contribution in [0.3, 0.4) is 0 Å². The first-order chi connectivity index (χ1) is 9.58. The van der Waals surface area contributed by atoms with Crippen molar-refractivity contribution in [3.05, 3.63) is 41.1 Å². The summed E-state index contributed by atoms with van der Waals surface area (Å²) in [4.78, 5) is 3.84. The highest BCUT2D eigenvalue weighted by atomic mass is 19.1. The topological polar surface area (TPSA) is 76.4 Å². The molecule has 1 aromatic carbocycles. The van der Waals surface area contributed by atoms with Crippen LogP contribution in [0.5, 0.6) is 0 Å². The summed E-state index contributed by atoms with van der Waals surface area (Å²) in [6.45, 7) is 4.00. The monoisotopic (exact) mass is 278 g/mol. The molecule has 1 aliphatic rings. The van der Waals surface area contributed by atoms with Gasteiger partial charge in [0, 0.05) is 12.4 Å². The number of aliphatic imine (C=N–C) groups is 1. The van der Waals surface area contributed by atoms with Gasteiger partial charge in [-0.2, -0.15) is 0 Å². The standard InChI is InChI=1S/C12H10F2N4.C2H6/c13-9-3-4-10(15)11(14)8(9)2-1-7-5-17-12(16)18-6-7;1-2/h3-6,12,17H,15-16H2;1-2H3. The Bertz CT molecular complexity index is 597. The van der Waals surface area contributed by atoms with Crippen molar-refractivity contribution in [3.8, 4) is 11.8 Å². The number of hydrogen-bond acceptors (Lipinski definition) is 4. The van der Waals surface area contributed by atoms with Crippen molar-refractivity contribution in [3.63, 3.8) is 0 Å². The summed E-state index contributed by atoms with van der Waals surface area (Å²) in [5, 5.41) is 2.71. The van der Waals surface area contributed by atoms with Crippen LogP contribution < -0.4 is 16.8 Å². The maximum absolute atomic E-state index is 13.5.